The molecule has 2 atom stereocenters. The van der Waals surface area contributed by atoms with Gasteiger partial charge in [-0.15, -0.1) is 0 Å². The van der Waals surface area contributed by atoms with Crippen molar-refractivity contribution in [3.63, 3.8) is 0 Å². The molecule has 1 aromatic carbocycles. The van der Waals surface area contributed by atoms with Gasteiger partial charge in [0.25, 0.3) is 0 Å². The topological polar surface area (TPSA) is 50.1 Å². The maximum absolute atomic E-state index is 12.0. The maximum atomic E-state index is 12.0. The van der Waals surface area contributed by atoms with Crippen LogP contribution in [-0.4, -0.2) is 16.6 Å². The summed E-state index contributed by atoms with van der Waals surface area (Å²) < 4.78 is 17.1. The van der Waals surface area contributed by atoms with Crippen LogP contribution in [0.5, 0.6) is 5.75 Å². The van der Waals surface area contributed by atoms with E-state index in [1.54, 1.807) is 26.2 Å². The fraction of sp³-hybridized carbons (Fsp3) is 0.364. The molecule has 1 rings (SSSR count). The summed E-state index contributed by atoms with van der Waals surface area (Å²) in [7, 11) is 0.360. The Kier molecular flexibility index (Phi) is 4.32. The number of methoxy groups -OCH3 is 1. The average Bonchev–Trinajstić information content (AvgIpc) is 2.28. The minimum Gasteiger partial charge on any atom is -0.495 e. The Morgan fingerprint density at radius 2 is 2.20 bits per heavy atom. The van der Waals surface area contributed by atoms with Gasteiger partial charge >= 0.3 is 0 Å². The van der Waals surface area contributed by atoms with Crippen molar-refractivity contribution in [2.24, 2.45) is 0 Å². The van der Waals surface area contributed by atoms with Gasteiger partial charge in [-0.05, 0) is 19.1 Å². The molecule has 4 heteroatoms. The van der Waals surface area contributed by atoms with Crippen LogP contribution in [0.25, 0.3) is 0 Å². The van der Waals surface area contributed by atoms with Crippen molar-refractivity contribution in [3.05, 3.63) is 24.3 Å². The lowest BCUT2D eigenvalue weighted by atomic mass is 10.3. The molecule has 0 aromatic heterocycles. The van der Waals surface area contributed by atoms with E-state index in [4.69, 9.17) is 10.00 Å². The van der Waals surface area contributed by atoms with Crippen LogP contribution >= 0.6 is 0 Å². The molecule has 3 nitrogen and oxygen atoms in total. The molecular weight excluding hydrogens is 210 g/mol. The van der Waals surface area contributed by atoms with Crippen molar-refractivity contribution >= 4 is 10.8 Å². The van der Waals surface area contributed by atoms with E-state index in [1.807, 2.05) is 18.2 Å². The van der Waals surface area contributed by atoms with Gasteiger partial charge in [0.1, 0.15) is 5.75 Å². The third-order valence-corrected chi connectivity index (χ3v) is 3.70. The second-order valence-corrected chi connectivity index (χ2v) is 4.96. The summed E-state index contributed by atoms with van der Waals surface area (Å²) in [6.07, 6.45) is 0.282. The highest BCUT2D eigenvalue weighted by Crippen LogP contribution is 2.24. The quantitative estimate of drug-likeness (QED) is 0.785. The second-order valence-electron chi connectivity index (χ2n) is 3.12. The zero-order valence-corrected chi connectivity index (χ0v) is 9.58. The van der Waals surface area contributed by atoms with Crippen LogP contribution in [0, 0.1) is 11.3 Å². The predicted molar refractivity (Wildman–Crippen MR) is 59.1 cm³/mol. The SMILES string of the molecule is COc1ccccc1S(=O)C(C)CC#N. The van der Waals surface area contributed by atoms with Gasteiger partial charge in [0.05, 0.1) is 28.9 Å². The standard InChI is InChI=1S/C11H13NO2S/c1-9(7-8-12)15(13)11-6-4-3-5-10(11)14-2/h3-6,9H,7H2,1-2H3. The van der Waals surface area contributed by atoms with Gasteiger partial charge in [0.15, 0.2) is 0 Å². The zero-order chi connectivity index (χ0) is 11.3. The van der Waals surface area contributed by atoms with Crippen molar-refractivity contribution in [3.8, 4) is 11.8 Å². The number of rotatable bonds is 4. The van der Waals surface area contributed by atoms with Gasteiger partial charge < -0.3 is 4.74 Å². The highest BCUT2D eigenvalue weighted by atomic mass is 32.2. The van der Waals surface area contributed by atoms with Crippen molar-refractivity contribution in [2.75, 3.05) is 7.11 Å². The van der Waals surface area contributed by atoms with Crippen molar-refractivity contribution < 1.29 is 8.95 Å². The number of hydrogen-bond donors (Lipinski definition) is 0. The molecule has 1 aromatic rings. The highest BCUT2D eigenvalue weighted by Gasteiger charge is 2.16. The van der Waals surface area contributed by atoms with E-state index in [9.17, 15) is 4.21 Å². The van der Waals surface area contributed by atoms with E-state index in [0.29, 0.717) is 10.6 Å². The third kappa shape index (κ3) is 2.80. The summed E-state index contributed by atoms with van der Waals surface area (Å²) in [5.74, 6) is 0.612. The van der Waals surface area contributed by atoms with Crippen LogP contribution in [0.2, 0.25) is 0 Å². The Morgan fingerprint density at radius 3 is 2.80 bits per heavy atom. The lowest BCUT2D eigenvalue weighted by molar-refractivity contribution is 0.404. The Hall–Kier alpha value is -1.34. The number of nitrogens with zero attached hydrogens (tertiary/aromatic N) is 1. The molecule has 0 spiro atoms. The molecule has 0 N–H and O–H groups in total. The third-order valence-electron chi connectivity index (χ3n) is 2.03. The van der Waals surface area contributed by atoms with Crippen LogP contribution in [0.3, 0.4) is 0 Å². The molecule has 15 heavy (non-hydrogen) atoms. The Bertz CT molecular complexity index is 398. The molecule has 0 bridgehead atoms. The molecule has 0 saturated heterocycles. The van der Waals surface area contributed by atoms with Crippen molar-refractivity contribution in [2.45, 2.75) is 23.5 Å². The van der Waals surface area contributed by atoms with Gasteiger partial charge in [-0.1, -0.05) is 12.1 Å². The summed E-state index contributed by atoms with van der Waals surface area (Å²) in [6, 6.07) is 9.20. The number of ether oxygens (including phenoxy) is 1. The van der Waals surface area contributed by atoms with Crippen LogP contribution in [-0.2, 0) is 10.8 Å². The van der Waals surface area contributed by atoms with Gasteiger partial charge in [0.2, 0.25) is 0 Å². The van der Waals surface area contributed by atoms with Crippen LogP contribution in [0.1, 0.15) is 13.3 Å². The molecule has 0 saturated carbocycles. The molecule has 80 valence electrons. The Morgan fingerprint density at radius 1 is 1.53 bits per heavy atom. The monoisotopic (exact) mass is 223 g/mol. The molecule has 2 unspecified atom stereocenters. The molecular formula is C11H13NO2S. The summed E-state index contributed by atoms with van der Waals surface area (Å²) >= 11 is 0. The molecule has 0 heterocycles. The molecule has 0 aliphatic heterocycles. The molecule has 0 radical (unpaired) electrons. The first-order chi connectivity index (χ1) is 7.20. The summed E-state index contributed by atoms with van der Waals surface area (Å²) in [4.78, 5) is 0.655. The van der Waals surface area contributed by atoms with Crippen LogP contribution < -0.4 is 4.74 Å². The van der Waals surface area contributed by atoms with E-state index in [2.05, 4.69) is 0 Å². The van der Waals surface area contributed by atoms with Gasteiger partial charge in [-0.25, -0.2) is 0 Å². The second kappa shape index (κ2) is 5.52. The summed E-state index contributed by atoms with van der Waals surface area (Å²) in [5.41, 5.74) is 0. The minimum atomic E-state index is -1.19. The van der Waals surface area contributed by atoms with E-state index < -0.39 is 10.8 Å². The van der Waals surface area contributed by atoms with Crippen molar-refractivity contribution in [1.82, 2.24) is 0 Å². The fourth-order valence-corrected chi connectivity index (χ4v) is 2.43. The first-order valence-electron chi connectivity index (χ1n) is 4.61. The normalized spacial score (nSPS) is 13.9. The number of hydrogen-bond acceptors (Lipinski definition) is 3. The van der Waals surface area contributed by atoms with E-state index in [-0.39, 0.29) is 11.7 Å². The summed E-state index contributed by atoms with van der Waals surface area (Å²) in [5, 5.41) is 8.37. The van der Waals surface area contributed by atoms with Crippen LogP contribution in [0.4, 0.5) is 0 Å². The number of para-hydroxylation sites is 1. The Balaban J connectivity index is 2.96. The summed E-state index contributed by atoms with van der Waals surface area (Å²) in [6.45, 7) is 1.80. The smallest absolute Gasteiger partial charge is 0.134 e. The average molecular weight is 223 g/mol. The predicted octanol–water partition coefficient (Wildman–Crippen LogP) is 2.10. The van der Waals surface area contributed by atoms with Crippen molar-refractivity contribution in [1.29, 1.82) is 5.26 Å². The maximum Gasteiger partial charge on any atom is 0.134 e. The van der Waals surface area contributed by atoms with Gasteiger partial charge in [-0.3, -0.25) is 4.21 Å². The first-order valence-corrected chi connectivity index (χ1v) is 5.82. The first kappa shape index (κ1) is 11.7. The highest BCUT2D eigenvalue weighted by molar-refractivity contribution is 7.85. The molecule has 0 aliphatic carbocycles. The van der Waals surface area contributed by atoms with E-state index in [0.717, 1.165) is 0 Å². The zero-order valence-electron chi connectivity index (χ0n) is 8.77. The van der Waals surface area contributed by atoms with Gasteiger partial charge in [0, 0.05) is 11.7 Å². The van der Waals surface area contributed by atoms with Gasteiger partial charge in [-0.2, -0.15) is 5.26 Å². The number of benzene rings is 1. The Labute approximate surface area is 92.1 Å². The minimum absolute atomic E-state index is 0.175. The number of nitriles is 1. The van der Waals surface area contributed by atoms with Crippen LogP contribution in [0.15, 0.2) is 29.2 Å². The lowest BCUT2D eigenvalue weighted by Gasteiger charge is -2.11. The van der Waals surface area contributed by atoms with E-state index in [1.165, 1.54) is 0 Å². The molecule has 0 aliphatic rings. The lowest BCUT2D eigenvalue weighted by Crippen LogP contribution is -2.10. The molecule has 0 amide bonds. The largest absolute Gasteiger partial charge is 0.495 e. The molecule has 0 fully saturated rings. The fourth-order valence-electron chi connectivity index (χ4n) is 1.21. The van der Waals surface area contributed by atoms with E-state index >= 15 is 0 Å².